The Balaban J connectivity index is 0.00000288. The zero-order valence-electron chi connectivity index (χ0n) is 13.4. The van der Waals surface area contributed by atoms with Crippen molar-refractivity contribution in [2.24, 2.45) is 4.99 Å². The summed E-state index contributed by atoms with van der Waals surface area (Å²) in [6.45, 7) is 3.48. The van der Waals surface area contributed by atoms with Crippen molar-refractivity contribution in [1.29, 1.82) is 5.26 Å². The van der Waals surface area contributed by atoms with Crippen LogP contribution >= 0.6 is 24.0 Å². The third-order valence-corrected chi connectivity index (χ3v) is 3.23. The molecule has 0 aliphatic rings. The number of nitrogens with zero attached hydrogens (tertiary/aromatic N) is 2. The van der Waals surface area contributed by atoms with Crippen molar-refractivity contribution in [3.8, 4) is 6.07 Å². The van der Waals surface area contributed by atoms with Crippen molar-refractivity contribution < 1.29 is 4.39 Å². The van der Waals surface area contributed by atoms with Gasteiger partial charge >= 0.3 is 0 Å². The van der Waals surface area contributed by atoms with Crippen molar-refractivity contribution in [3.05, 3.63) is 71.0 Å². The van der Waals surface area contributed by atoms with E-state index in [0.29, 0.717) is 30.2 Å². The average molecular weight is 438 g/mol. The molecular formula is C18H20FIN4. The number of guanidine groups is 1. The third-order valence-electron chi connectivity index (χ3n) is 3.23. The lowest BCUT2D eigenvalue weighted by Crippen LogP contribution is -2.37. The molecule has 0 atom stereocenters. The highest BCUT2D eigenvalue weighted by molar-refractivity contribution is 14.0. The SMILES string of the molecule is CCNC(=NCc1ccccc1)NCc1cc(C#N)ccc1F.I. The number of nitrogens with one attached hydrogen (secondary N) is 2. The molecule has 4 nitrogen and oxygen atoms in total. The Morgan fingerprint density at radius 1 is 1.17 bits per heavy atom. The van der Waals surface area contributed by atoms with Gasteiger partial charge in [-0.15, -0.1) is 24.0 Å². The first-order valence-corrected chi connectivity index (χ1v) is 7.47. The molecule has 0 fully saturated rings. The Labute approximate surface area is 158 Å². The van der Waals surface area contributed by atoms with Crippen LogP contribution in [0.25, 0.3) is 0 Å². The quantitative estimate of drug-likeness (QED) is 0.427. The summed E-state index contributed by atoms with van der Waals surface area (Å²) in [5.74, 6) is 0.272. The van der Waals surface area contributed by atoms with Crippen LogP contribution in [-0.2, 0) is 13.1 Å². The molecule has 0 aromatic heterocycles. The van der Waals surface area contributed by atoms with Crippen LogP contribution in [0, 0.1) is 17.1 Å². The van der Waals surface area contributed by atoms with Gasteiger partial charge in [-0.05, 0) is 30.7 Å². The van der Waals surface area contributed by atoms with Crippen molar-refractivity contribution in [2.45, 2.75) is 20.0 Å². The lowest BCUT2D eigenvalue weighted by atomic mass is 10.1. The maximum atomic E-state index is 13.8. The van der Waals surface area contributed by atoms with Crippen molar-refractivity contribution >= 4 is 29.9 Å². The molecule has 126 valence electrons. The van der Waals surface area contributed by atoms with E-state index in [1.807, 2.05) is 43.3 Å². The summed E-state index contributed by atoms with van der Waals surface area (Å²) in [4.78, 5) is 4.48. The highest BCUT2D eigenvalue weighted by Gasteiger charge is 2.05. The fraction of sp³-hybridized carbons (Fsp3) is 0.222. The van der Waals surface area contributed by atoms with Gasteiger partial charge in [0.25, 0.3) is 0 Å². The Hall–Kier alpha value is -2.14. The van der Waals surface area contributed by atoms with Crippen molar-refractivity contribution in [1.82, 2.24) is 10.6 Å². The summed E-state index contributed by atoms with van der Waals surface area (Å²) in [6.07, 6.45) is 0. The molecule has 6 heteroatoms. The molecule has 0 aliphatic carbocycles. The topological polar surface area (TPSA) is 60.2 Å². The minimum absolute atomic E-state index is 0. The molecule has 0 aliphatic heterocycles. The summed E-state index contributed by atoms with van der Waals surface area (Å²) in [6, 6.07) is 16.2. The van der Waals surface area contributed by atoms with Gasteiger partial charge in [-0.2, -0.15) is 5.26 Å². The second-order valence-corrected chi connectivity index (χ2v) is 4.95. The number of hydrogen-bond acceptors (Lipinski definition) is 2. The van der Waals surface area contributed by atoms with Crippen LogP contribution in [0.1, 0.15) is 23.6 Å². The number of benzene rings is 2. The molecule has 0 bridgehead atoms. The van der Waals surface area contributed by atoms with E-state index in [1.54, 1.807) is 6.07 Å². The Morgan fingerprint density at radius 2 is 1.92 bits per heavy atom. The second kappa shape index (κ2) is 10.6. The standard InChI is InChI=1S/C18H19FN4.HI/c1-2-21-18(22-12-14-6-4-3-5-7-14)23-13-16-10-15(11-20)8-9-17(16)19;/h3-10H,2,12-13H2,1H3,(H2,21,22,23);1H. The molecule has 0 saturated carbocycles. The molecule has 0 radical (unpaired) electrons. The molecule has 2 N–H and O–H groups in total. The highest BCUT2D eigenvalue weighted by Crippen LogP contribution is 2.09. The Bertz CT molecular complexity index is 711. The van der Waals surface area contributed by atoms with Gasteiger partial charge in [0.05, 0.1) is 18.2 Å². The molecule has 0 unspecified atom stereocenters. The minimum atomic E-state index is -0.338. The molecule has 2 rings (SSSR count). The first-order chi connectivity index (χ1) is 11.2. The number of rotatable bonds is 5. The normalized spacial score (nSPS) is 10.5. The van der Waals surface area contributed by atoms with E-state index in [2.05, 4.69) is 15.6 Å². The number of aliphatic imine (C=N–C) groups is 1. The van der Waals surface area contributed by atoms with Gasteiger partial charge < -0.3 is 10.6 Å². The fourth-order valence-corrected chi connectivity index (χ4v) is 2.05. The summed E-state index contributed by atoms with van der Waals surface area (Å²) in [7, 11) is 0. The fourth-order valence-electron chi connectivity index (χ4n) is 2.05. The van der Waals surface area contributed by atoms with Crippen LogP contribution in [-0.4, -0.2) is 12.5 Å². The van der Waals surface area contributed by atoms with Gasteiger partial charge in [-0.3, -0.25) is 0 Å². The van der Waals surface area contributed by atoms with E-state index in [9.17, 15) is 4.39 Å². The third kappa shape index (κ3) is 6.16. The number of hydrogen-bond donors (Lipinski definition) is 2. The first kappa shape index (κ1) is 19.9. The van der Waals surface area contributed by atoms with Gasteiger partial charge in [0, 0.05) is 18.7 Å². The van der Waals surface area contributed by atoms with E-state index in [-0.39, 0.29) is 36.3 Å². The van der Waals surface area contributed by atoms with E-state index in [0.717, 1.165) is 5.56 Å². The highest BCUT2D eigenvalue weighted by atomic mass is 127. The maximum absolute atomic E-state index is 13.8. The summed E-state index contributed by atoms with van der Waals surface area (Å²) >= 11 is 0. The van der Waals surface area contributed by atoms with Crippen molar-refractivity contribution in [2.75, 3.05) is 6.54 Å². The van der Waals surface area contributed by atoms with Crippen molar-refractivity contribution in [3.63, 3.8) is 0 Å². The smallest absolute Gasteiger partial charge is 0.191 e. The van der Waals surface area contributed by atoms with Gasteiger partial charge in [0.2, 0.25) is 0 Å². The molecular weight excluding hydrogens is 418 g/mol. The van der Waals surface area contributed by atoms with E-state index >= 15 is 0 Å². The van der Waals surface area contributed by atoms with Crippen LogP contribution in [0.5, 0.6) is 0 Å². The summed E-state index contributed by atoms with van der Waals surface area (Å²) < 4.78 is 13.8. The van der Waals surface area contributed by atoms with Crippen LogP contribution in [0.3, 0.4) is 0 Å². The van der Waals surface area contributed by atoms with Gasteiger partial charge in [-0.1, -0.05) is 30.3 Å². The van der Waals surface area contributed by atoms with E-state index in [4.69, 9.17) is 5.26 Å². The summed E-state index contributed by atoms with van der Waals surface area (Å²) in [5.41, 5.74) is 1.98. The van der Waals surface area contributed by atoms with E-state index in [1.165, 1.54) is 12.1 Å². The second-order valence-electron chi connectivity index (χ2n) is 4.95. The molecule has 0 spiro atoms. The Kier molecular flexibility index (Phi) is 8.79. The molecule has 2 aromatic rings. The van der Waals surface area contributed by atoms with Gasteiger partial charge in [0.15, 0.2) is 5.96 Å². The predicted molar refractivity (Wildman–Crippen MR) is 105 cm³/mol. The zero-order chi connectivity index (χ0) is 16.5. The Morgan fingerprint density at radius 3 is 2.58 bits per heavy atom. The number of nitriles is 1. The summed E-state index contributed by atoms with van der Waals surface area (Å²) in [5, 5.41) is 15.1. The lowest BCUT2D eigenvalue weighted by Gasteiger charge is -2.12. The average Bonchev–Trinajstić information content (AvgIpc) is 2.59. The van der Waals surface area contributed by atoms with Crippen LogP contribution in [0.4, 0.5) is 4.39 Å². The van der Waals surface area contributed by atoms with E-state index < -0.39 is 0 Å². The van der Waals surface area contributed by atoms with Crippen LogP contribution in [0.2, 0.25) is 0 Å². The molecule has 2 aromatic carbocycles. The predicted octanol–water partition coefficient (Wildman–Crippen LogP) is 3.57. The zero-order valence-corrected chi connectivity index (χ0v) is 15.8. The van der Waals surface area contributed by atoms with Crippen LogP contribution < -0.4 is 10.6 Å². The molecule has 0 amide bonds. The number of halogens is 2. The lowest BCUT2D eigenvalue weighted by molar-refractivity contribution is 0.604. The first-order valence-electron chi connectivity index (χ1n) is 7.47. The molecule has 0 heterocycles. The largest absolute Gasteiger partial charge is 0.357 e. The van der Waals surface area contributed by atoms with Gasteiger partial charge in [0.1, 0.15) is 5.82 Å². The van der Waals surface area contributed by atoms with Crippen LogP contribution in [0.15, 0.2) is 53.5 Å². The maximum Gasteiger partial charge on any atom is 0.191 e. The molecule has 0 saturated heterocycles. The minimum Gasteiger partial charge on any atom is -0.357 e. The monoisotopic (exact) mass is 438 g/mol. The molecule has 24 heavy (non-hydrogen) atoms. The van der Waals surface area contributed by atoms with Gasteiger partial charge in [-0.25, -0.2) is 9.38 Å².